The average molecular weight is 310 g/mol. The molecule has 2 aromatic carbocycles. The highest BCUT2D eigenvalue weighted by molar-refractivity contribution is 9.10. The van der Waals surface area contributed by atoms with E-state index in [9.17, 15) is 0 Å². The first-order valence-corrected chi connectivity index (χ1v) is 6.71. The van der Waals surface area contributed by atoms with Crippen LogP contribution in [0.25, 0.3) is 10.8 Å². The van der Waals surface area contributed by atoms with Crippen molar-refractivity contribution in [2.75, 3.05) is 31.7 Å². The Morgan fingerprint density at radius 1 is 1.06 bits per heavy atom. The lowest BCUT2D eigenvalue weighted by Gasteiger charge is -2.08. The number of aliphatic hydroxyl groups is 1. The summed E-state index contributed by atoms with van der Waals surface area (Å²) in [6.07, 6.45) is 0. The van der Waals surface area contributed by atoms with E-state index < -0.39 is 0 Å². The summed E-state index contributed by atoms with van der Waals surface area (Å²) in [7, 11) is 0. The molecule has 0 spiro atoms. The van der Waals surface area contributed by atoms with Crippen LogP contribution >= 0.6 is 15.9 Å². The van der Waals surface area contributed by atoms with Gasteiger partial charge in [0.15, 0.2) is 0 Å². The van der Waals surface area contributed by atoms with Crippen LogP contribution in [0.5, 0.6) is 0 Å². The van der Waals surface area contributed by atoms with E-state index in [1.54, 1.807) is 0 Å². The Labute approximate surface area is 115 Å². The van der Waals surface area contributed by atoms with E-state index in [0.29, 0.717) is 13.2 Å². The van der Waals surface area contributed by atoms with Gasteiger partial charge in [0, 0.05) is 16.7 Å². The van der Waals surface area contributed by atoms with Crippen LogP contribution in [-0.4, -0.2) is 31.5 Å². The van der Waals surface area contributed by atoms with Gasteiger partial charge in [-0.2, -0.15) is 0 Å². The van der Waals surface area contributed by atoms with Crippen molar-refractivity contribution < 1.29 is 9.84 Å². The minimum absolute atomic E-state index is 0.0743. The number of fused-ring (bicyclic) bond motifs is 1. The molecule has 0 aromatic heterocycles. The molecule has 0 saturated heterocycles. The standard InChI is InChI=1S/C14H16BrNO2/c15-13-3-1-12-10-14(4-2-11(12)9-13)16-5-7-18-8-6-17/h1-4,9-10,16-17H,5-8H2. The largest absolute Gasteiger partial charge is 0.394 e. The van der Waals surface area contributed by atoms with E-state index >= 15 is 0 Å². The lowest BCUT2D eigenvalue weighted by molar-refractivity contribution is 0.0992. The van der Waals surface area contributed by atoms with Crippen LogP contribution < -0.4 is 5.32 Å². The molecular formula is C14H16BrNO2. The lowest BCUT2D eigenvalue weighted by atomic mass is 10.1. The molecular weight excluding hydrogens is 294 g/mol. The molecule has 4 heteroatoms. The van der Waals surface area contributed by atoms with Gasteiger partial charge in [-0.1, -0.05) is 28.1 Å². The molecule has 0 fully saturated rings. The Balaban J connectivity index is 1.95. The van der Waals surface area contributed by atoms with Crippen LogP contribution in [0, 0.1) is 0 Å². The third-order valence-corrected chi connectivity index (χ3v) is 3.11. The second-order valence-corrected chi connectivity index (χ2v) is 4.88. The third kappa shape index (κ3) is 3.70. The number of ether oxygens (including phenoxy) is 1. The zero-order valence-electron chi connectivity index (χ0n) is 10.0. The first kappa shape index (κ1) is 13.3. The summed E-state index contributed by atoms with van der Waals surface area (Å²) in [6, 6.07) is 12.5. The molecule has 2 rings (SSSR count). The highest BCUT2D eigenvalue weighted by Gasteiger charge is 1.97. The molecule has 2 aromatic rings. The second-order valence-electron chi connectivity index (χ2n) is 3.97. The molecule has 0 radical (unpaired) electrons. The Hall–Kier alpha value is -1.10. The number of nitrogens with one attached hydrogen (secondary N) is 1. The number of aliphatic hydroxyl groups excluding tert-OH is 1. The highest BCUT2D eigenvalue weighted by Crippen LogP contribution is 2.22. The average Bonchev–Trinajstić information content (AvgIpc) is 2.38. The maximum Gasteiger partial charge on any atom is 0.0698 e. The molecule has 0 bridgehead atoms. The van der Waals surface area contributed by atoms with E-state index in [2.05, 4.69) is 51.6 Å². The van der Waals surface area contributed by atoms with Crippen molar-refractivity contribution >= 4 is 32.4 Å². The summed E-state index contributed by atoms with van der Waals surface area (Å²) in [4.78, 5) is 0. The minimum atomic E-state index is 0.0743. The van der Waals surface area contributed by atoms with Crippen molar-refractivity contribution in [1.82, 2.24) is 0 Å². The van der Waals surface area contributed by atoms with Gasteiger partial charge in [-0.15, -0.1) is 0 Å². The van der Waals surface area contributed by atoms with Crippen molar-refractivity contribution in [3.63, 3.8) is 0 Å². The van der Waals surface area contributed by atoms with Crippen molar-refractivity contribution in [2.24, 2.45) is 0 Å². The van der Waals surface area contributed by atoms with Crippen LogP contribution in [-0.2, 0) is 4.74 Å². The number of hydrogen-bond donors (Lipinski definition) is 2. The fourth-order valence-corrected chi connectivity index (χ4v) is 2.14. The second kappa shape index (κ2) is 6.73. The smallest absolute Gasteiger partial charge is 0.0698 e. The number of benzene rings is 2. The summed E-state index contributed by atoms with van der Waals surface area (Å²) >= 11 is 3.46. The first-order chi connectivity index (χ1) is 8.79. The van der Waals surface area contributed by atoms with Gasteiger partial charge >= 0.3 is 0 Å². The van der Waals surface area contributed by atoms with Gasteiger partial charge in [0.25, 0.3) is 0 Å². The predicted octanol–water partition coefficient (Wildman–Crippen LogP) is 3.02. The summed E-state index contributed by atoms with van der Waals surface area (Å²) < 4.78 is 6.28. The van der Waals surface area contributed by atoms with Gasteiger partial charge < -0.3 is 15.2 Å². The molecule has 96 valence electrons. The third-order valence-electron chi connectivity index (χ3n) is 2.61. The SMILES string of the molecule is OCCOCCNc1ccc2cc(Br)ccc2c1. The molecule has 0 saturated carbocycles. The van der Waals surface area contributed by atoms with E-state index in [1.807, 2.05) is 6.07 Å². The zero-order chi connectivity index (χ0) is 12.8. The molecule has 0 heterocycles. The van der Waals surface area contributed by atoms with Crippen LogP contribution in [0.3, 0.4) is 0 Å². The maximum absolute atomic E-state index is 8.57. The Bertz CT molecular complexity index is 516. The van der Waals surface area contributed by atoms with E-state index in [-0.39, 0.29) is 6.61 Å². The van der Waals surface area contributed by atoms with Gasteiger partial charge in [-0.25, -0.2) is 0 Å². The van der Waals surface area contributed by atoms with Crippen LogP contribution in [0.4, 0.5) is 5.69 Å². The topological polar surface area (TPSA) is 41.5 Å². The number of anilines is 1. The van der Waals surface area contributed by atoms with Crippen LogP contribution in [0.15, 0.2) is 40.9 Å². The van der Waals surface area contributed by atoms with E-state index in [1.165, 1.54) is 10.8 Å². The highest BCUT2D eigenvalue weighted by atomic mass is 79.9. The Morgan fingerprint density at radius 3 is 2.67 bits per heavy atom. The summed E-state index contributed by atoms with van der Waals surface area (Å²) in [5.41, 5.74) is 1.08. The molecule has 0 amide bonds. The molecule has 0 unspecified atom stereocenters. The van der Waals surface area contributed by atoms with E-state index in [4.69, 9.17) is 9.84 Å². The molecule has 0 atom stereocenters. The van der Waals surface area contributed by atoms with Crippen LogP contribution in [0.1, 0.15) is 0 Å². The van der Waals surface area contributed by atoms with Gasteiger partial charge in [-0.05, 0) is 35.0 Å². The number of halogens is 1. The van der Waals surface area contributed by atoms with Gasteiger partial charge in [-0.3, -0.25) is 0 Å². The quantitative estimate of drug-likeness (QED) is 0.806. The zero-order valence-corrected chi connectivity index (χ0v) is 11.6. The van der Waals surface area contributed by atoms with Crippen molar-refractivity contribution in [3.05, 3.63) is 40.9 Å². The summed E-state index contributed by atoms with van der Waals surface area (Å²) in [5.74, 6) is 0. The lowest BCUT2D eigenvalue weighted by Crippen LogP contribution is -2.11. The van der Waals surface area contributed by atoms with Gasteiger partial charge in [0.05, 0.1) is 19.8 Å². The number of hydrogen-bond acceptors (Lipinski definition) is 3. The van der Waals surface area contributed by atoms with Crippen molar-refractivity contribution in [3.8, 4) is 0 Å². The van der Waals surface area contributed by atoms with Gasteiger partial charge in [0.1, 0.15) is 0 Å². The maximum atomic E-state index is 8.57. The Kier molecular flexibility index (Phi) is 4.99. The predicted molar refractivity (Wildman–Crippen MR) is 78.0 cm³/mol. The normalized spacial score (nSPS) is 10.8. The van der Waals surface area contributed by atoms with E-state index in [0.717, 1.165) is 16.7 Å². The molecule has 0 aliphatic heterocycles. The molecule has 18 heavy (non-hydrogen) atoms. The molecule has 3 nitrogen and oxygen atoms in total. The fourth-order valence-electron chi connectivity index (χ4n) is 1.76. The fraction of sp³-hybridized carbons (Fsp3) is 0.286. The van der Waals surface area contributed by atoms with Crippen molar-refractivity contribution in [1.29, 1.82) is 0 Å². The Morgan fingerprint density at radius 2 is 1.83 bits per heavy atom. The van der Waals surface area contributed by atoms with Gasteiger partial charge in [0.2, 0.25) is 0 Å². The number of rotatable bonds is 6. The summed E-state index contributed by atoms with van der Waals surface area (Å²) in [6.45, 7) is 1.80. The summed E-state index contributed by atoms with van der Waals surface area (Å²) in [5, 5.41) is 14.3. The molecule has 0 aliphatic rings. The minimum Gasteiger partial charge on any atom is -0.394 e. The molecule has 0 aliphatic carbocycles. The van der Waals surface area contributed by atoms with Crippen LogP contribution in [0.2, 0.25) is 0 Å². The first-order valence-electron chi connectivity index (χ1n) is 5.91. The van der Waals surface area contributed by atoms with Crippen molar-refractivity contribution in [2.45, 2.75) is 0 Å². The molecule has 2 N–H and O–H groups in total. The monoisotopic (exact) mass is 309 g/mol.